The molecule has 6 heteroatoms. The molecule has 3 heterocycles. The summed E-state index contributed by atoms with van der Waals surface area (Å²) in [5.41, 5.74) is 2.63. The number of hydrogen-bond acceptors (Lipinski definition) is 6. The highest BCUT2D eigenvalue weighted by molar-refractivity contribution is 5.49. The molecule has 0 amide bonds. The quantitative estimate of drug-likeness (QED) is 0.830. The van der Waals surface area contributed by atoms with E-state index in [1.54, 1.807) is 6.33 Å². The highest BCUT2D eigenvalue weighted by Crippen LogP contribution is 2.22. The molecule has 0 aliphatic carbocycles. The largest absolute Gasteiger partial charge is 0.379 e. The van der Waals surface area contributed by atoms with Crippen molar-refractivity contribution in [3.8, 4) is 0 Å². The Kier molecular flexibility index (Phi) is 6.39. The molecule has 1 aromatic heterocycles. The standard InChI is InChI=1S/C22H31N5O/c1-18-4-3-7-27(15-18)22-13-21(24-17-25-22)23-14-19-5-2-6-20(12-19)16-26-8-10-28-11-9-26/h2,5-6,12-13,17-18H,3-4,7-11,14-16H2,1H3,(H,23,24,25). The van der Waals surface area contributed by atoms with E-state index in [1.165, 1.54) is 24.0 Å². The molecule has 2 fully saturated rings. The number of rotatable bonds is 6. The first-order chi connectivity index (χ1) is 13.8. The van der Waals surface area contributed by atoms with Gasteiger partial charge in [-0.1, -0.05) is 31.2 Å². The molecular formula is C22H31N5O. The molecule has 2 aromatic rings. The fraction of sp³-hybridized carbons (Fsp3) is 0.545. The third-order valence-electron chi connectivity index (χ3n) is 5.61. The van der Waals surface area contributed by atoms with Crippen molar-refractivity contribution in [1.29, 1.82) is 0 Å². The van der Waals surface area contributed by atoms with Crippen molar-refractivity contribution in [3.63, 3.8) is 0 Å². The lowest BCUT2D eigenvalue weighted by Gasteiger charge is -2.31. The Bertz CT molecular complexity index is 762. The number of morpholine rings is 1. The molecule has 1 atom stereocenters. The van der Waals surface area contributed by atoms with Crippen LogP contribution >= 0.6 is 0 Å². The second kappa shape index (κ2) is 9.34. The van der Waals surface area contributed by atoms with E-state index in [-0.39, 0.29) is 0 Å². The van der Waals surface area contributed by atoms with Crippen LogP contribution in [-0.2, 0) is 17.8 Å². The van der Waals surface area contributed by atoms with E-state index < -0.39 is 0 Å². The second-order valence-corrected chi connectivity index (χ2v) is 8.02. The van der Waals surface area contributed by atoms with Gasteiger partial charge in [0.15, 0.2) is 0 Å². The van der Waals surface area contributed by atoms with E-state index in [4.69, 9.17) is 4.74 Å². The van der Waals surface area contributed by atoms with Crippen LogP contribution in [-0.4, -0.2) is 54.3 Å². The molecule has 28 heavy (non-hydrogen) atoms. The monoisotopic (exact) mass is 381 g/mol. The third-order valence-corrected chi connectivity index (χ3v) is 5.61. The Hall–Kier alpha value is -2.18. The minimum absolute atomic E-state index is 0.731. The molecule has 2 aliphatic rings. The lowest BCUT2D eigenvalue weighted by atomic mass is 10.0. The lowest BCUT2D eigenvalue weighted by Crippen LogP contribution is -2.35. The maximum Gasteiger partial charge on any atom is 0.134 e. The zero-order chi connectivity index (χ0) is 19.2. The van der Waals surface area contributed by atoms with E-state index in [0.29, 0.717) is 0 Å². The van der Waals surface area contributed by atoms with Crippen molar-refractivity contribution in [2.75, 3.05) is 49.6 Å². The SMILES string of the molecule is CC1CCCN(c2cc(NCc3cccc(CN4CCOCC4)c3)ncn2)C1. The van der Waals surface area contributed by atoms with Crippen LogP contribution in [0.5, 0.6) is 0 Å². The normalized spacial score (nSPS) is 20.9. The smallest absolute Gasteiger partial charge is 0.134 e. The second-order valence-electron chi connectivity index (χ2n) is 8.02. The molecular weight excluding hydrogens is 350 g/mol. The number of benzene rings is 1. The third kappa shape index (κ3) is 5.20. The number of ether oxygens (including phenoxy) is 1. The van der Waals surface area contributed by atoms with E-state index in [1.807, 2.05) is 0 Å². The first kappa shape index (κ1) is 19.2. The summed E-state index contributed by atoms with van der Waals surface area (Å²) in [5.74, 6) is 2.65. The van der Waals surface area contributed by atoms with Crippen molar-refractivity contribution >= 4 is 11.6 Å². The average Bonchev–Trinajstić information content (AvgIpc) is 2.74. The van der Waals surface area contributed by atoms with Crippen molar-refractivity contribution in [2.24, 2.45) is 5.92 Å². The highest BCUT2D eigenvalue weighted by Gasteiger charge is 2.18. The van der Waals surface area contributed by atoms with Crippen LogP contribution in [0.25, 0.3) is 0 Å². The number of anilines is 2. The Labute approximate surface area is 167 Å². The number of piperidine rings is 1. The molecule has 1 unspecified atom stereocenters. The Morgan fingerprint density at radius 3 is 2.82 bits per heavy atom. The predicted molar refractivity (Wildman–Crippen MR) is 113 cm³/mol. The van der Waals surface area contributed by atoms with Gasteiger partial charge in [0.1, 0.15) is 18.0 Å². The summed E-state index contributed by atoms with van der Waals surface area (Å²) in [6, 6.07) is 10.9. The average molecular weight is 382 g/mol. The number of nitrogens with zero attached hydrogens (tertiary/aromatic N) is 4. The molecule has 2 saturated heterocycles. The van der Waals surface area contributed by atoms with Gasteiger partial charge in [-0.25, -0.2) is 9.97 Å². The molecule has 0 bridgehead atoms. The van der Waals surface area contributed by atoms with E-state index in [9.17, 15) is 0 Å². The van der Waals surface area contributed by atoms with Gasteiger partial charge < -0.3 is 15.0 Å². The van der Waals surface area contributed by atoms with Gasteiger partial charge in [-0.2, -0.15) is 0 Å². The summed E-state index contributed by atoms with van der Waals surface area (Å²) < 4.78 is 5.44. The molecule has 4 rings (SSSR count). The van der Waals surface area contributed by atoms with Crippen molar-refractivity contribution in [1.82, 2.24) is 14.9 Å². The fourth-order valence-corrected chi connectivity index (χ4v) is 4.06. The van der Waals surface area contributed by atoms with E-state index >= 15 is 0 Å². The van der Waals surface area contributed by atoms with Crippen LogP contribution in [0, 0.1) is 5.92 Å². The topological polar surface area (TPSA) is 53.5 Å². The minimum atomic E-state index is 0.731. The van der Waals surface area contributed by atoms with Crippen molar-refractivity contribution in [2.45, 2.75) is 32.9 Å². The van der Waals surface area contributed by atoms with Gasteiger partial charge in [0.25, 0.3) is 0 Å². The van der Waals surface area contributed by atoms with E-state index in [0.717, 1.165) is 70.0 Å². The molecule has 0 saturated carbocycles. The Morgan fingerprint density at radius 2 is 1.96 bits per heavy atom. The van der Waals surface area contributed by atoms with Gasteiger partial charge in [0.05, 0.1) is 13.2 Å². The number of nitrogens with one attached hydrogen (secondary N) is 1. The van der Waals surface area contributed by atoms with Crippen LogP contribution in [0.2, 0.25) is 0 Å². The molecule has 2 aliphatic heterocycles. The van der Waals surface area contributed by atoms with Crippen molar-refractivity contribution < 1.29 is 4.74 Å². The molecule has 1 aromatic carbocycles. The van der Waals surface area contributed by atoms with Gasteiger partial charge in [-0.15, -0.1) is 0 Å². The maximum atomic E-state index is 5.44. The zero-order valence-corrected chi connectivity index (χ0v) is 16.8. The Balaban J connectivity index is 1.35. The van der Waals surface area contributed by atoms with Crippen LogP contribution in [0.1, 0.15) is 30.9 Å². The van der Waals surface area contributed by atoms with Crippen molar-refractivity contribution in [3.05, 3.63) is 47.8 Å². The first-order valence-electron chi connectivity index (χ1n) is 10.4. The summed E-state index contributed by atoms with van der Waals surface area (Å²) in [7, 11) is 0. The van der Waals surface area contributed by atoms with Gasteiger partial charge >= 0.3 is 0 Å². The maximum absolute atomic E-state index is 5.44. The molecule has 0 spiro atoms. The van der Waals surface area contributed by atoms with Crippen LogP contribution < -0.4 is 10.2 Å². The molecule has 1 N–H and O–H groups in total. The summed E-state index contributed by atoms with van der Waals surface area (Å²) >= 11 is 0. The molecule has 150 valence electrons. The fourth-order valence-electron chi connectivity index (χ4n) is 4.06. The van der Waals surface area contributed by atoms with E-state index in [2.05, 4.69) is 62.3 Å². The number of hydrogen-bond donors (Lipinski definition) is 1. The lowest BCUT2D eigenvalue weighted by molar-refractivity contribution is 0.0342. The molecule has 6 nitrogen and oxygen atoms in total. The highest BCUT2D eigenvalue weighted by atomic mass is 16.5. The van der Waals surface area contributed by atoms with Gasteiger partial charge in [0.2, 0.25) is 0 Å². The minimum Gasteiger partial charge on any atom is -0.379 e. The van der Waals surface area contributed by atoms with Crippen LogP contribution in [0.15, 0.2) is 36.7 Å². The number of aromatic nitrogens is 2. The zero-order valence-electron chi connectivity index (χ0n) is 16.8. The van der Waals surface area contributed by atoms with Gasteiger partial charge in [-0.3, -0.25) is 4.90 Å². The predicted octanol–water partition coefficient (Wildman–Crippen LogP) is 3.16. The summed E-state index contributed by atoms with van der Waals surface area (Å²) in [5, 5.41) is 3.47. The summed E-state index contributed by atoms with van der Waals surface area (Å²) in [4.78, 5) is 13.7. The Morgan fingerprint density at radius 1 is 1.11 bits per heavy atom. The summed E-state index contributed by atoms with van der Waals surface area (Å²) in [6.45, 7) is 9.95. The summed E-state index contributed by atoms with van der Waals surface area (Å²) in [6.07, 6.45) is 4.23. The van der Waals surface area contributed by atoms with Gasteiger partial charge in [-0.05, 0) is 29.9 Å². The van der Waals surface area contributed by atoms with Gasteiger partial charge in [0, 0.05) is 45.3 Å². The van der Waals surface area contributed by atoms with Crippen LogP contribution in [0.4, 0.5) is 11.6 Å². The van der Waals surface area contributed by atoms with Crippen LogP contribution in [0.3, 0.4) is 0 Å². The first-order valence-corrected chi connectivity index (χ1v) is 10.4. The molecule has 0 radical (unpaired) electrons.